The molecule has 1 aromatic carbocycles. The zero-order chi connectivity index (χ0) is 15.6. The van der Waals surface area contributed by atoms with Gasteiger partial charge in [0.15, 0.2) is 0 Å². The highest BCUT2D eigenvalue weighted by molar-refractivity contribution is 9.11. The van der Waals surface area contributed by atoms with Crippen molar-refractivity contribution in [2.24, 2.45) is 0 Å². The van der Waals surface area contributed by atoms with Gasteiger partial charge in [-0.3, -0.25) is 0 Å². The molecule has 0 unspecified atom stereocenters. The maximum Gasteiger partial charge on any atom is 0.264 e. The zero-order valence-corrected chi connectivity index (χ0v) is 15.5. The number of halogens is 2. The van der Waals surface area contributed by atoms with Crippen LogP contribution in [0.15, 0.2) is 36.6 Å². The molecule has 0 fully saturated rings. The molecular weight excluding hydrogens is 424 g/mol. The Hall–Kier alpha value is -0.860. The van der Waals surface area contributed by atoms with Crippen LogP contribution in [0.1, 0.15) is 24.6 Å². The summed E-state index contributed by atoms with van der Waals surface area (Å²) in [6.45, 7) is 3.72. The van der Waals surface area contributed by atoms with Gasteiger partial charge in [-0.2, -0.15) is 0 Å². The van der Waals surface area contributed by atoms with Gasteiger partial charge in [0.1, 0.15) is 4.47 Å². The second-order valence-corrected chi connectivity index (χ2v) is 7.88. The van der Waals surface area contributed by atoms with Crippen molar-refractivity contribution in [1.82, 2.24) is 5.16 Å². The third-order valence-electron chi connectivity index (χ3n) is 2.86. The second kappa shape index (κ2) is 6.50. The summed E-state index contributed by atoms with van der Waals surface area (Å²) in [5.74, 6) is 0.0786. The van der Waals surface area contributed by atoms with E-state index in [4.69, 9.17) is 4.52 Å². The number of hydrogen-bond donors (Lipinski definition) is 1. The lowest BCUT2D eigenvalue weighted by Gasteiger charge is -2.11. The first kappa shape index (κ1) is 16.5. The van der Waals surface area contributed by atoms with E-state index in [2.05, 4.69) is 41.7 Å². The Bertz CT molecular complexity index is 757. The molecule has 0 radical (unpaired) electrons. The van der Waals surface area contributed by atoms with E-state index in [1.165, 1.54) is 0 Å². The number of benzene rings is 1. The predicted octanol–water partition coefficient (Wildman–Crippen LogP) is 4.26. The molecule has 1 N–H and O–H groups in total. The smallest absolute Gasteiger partial charge is 0.264 e. The number of anilines is 1. The van der Waals surface area contributed by atoms with Crippen molar-refractivity contribution < 1.29 is 12.9 Å². The number of rotatable bonds is 5. The zero-order valence-electron chi connectivity index (χ0n) is 11.5. The van der Waals surface area contributed by atoms with Crippen molar-refractivity contribution in [3.05, 3.63) is 38.4 Å². The average Bonchev–Trinajstić information content (AvgIpc) is 2.72. The molecule has 0 atom stereocenters. The highest BCUT2D eigenvalue weighted by Crippen LogP contribution is 2.29. The second-order valence-electron chi connectivity index (χ2n) is 4.52. The maximum absolute atomic E-state index is 12.6. The van der Waals surface area contributed by atoms with E-state index in [1.807, 2.05) is 19.1 Å². The summed E-state index contributed by atoms with van der Waals surface area (Å²) in [6, 6.07) is 5.23. The third kappa shape index (κ3) is 3.67. The lowest BCUT2D eigenvalue weighted by molar-refractivity contribution is 0.430. The van der Waals surface area contributed by atoms with Gasteiger partial charge in [0.05, 0.1) is 10.6 Å². The molecule has 2 rings (SSSR count). The summed E-state index contributed by atoms with van der Waals surface area (Å²) in [6.07, 6.45) is 1.54. The van der Waals surface area contributed by atoms with Crippen molar-refractivity contribution in [2.75, 3.05) is 4.72 Å². The number of sulfonamides is 1. The number of aromatic nitrogens is 1. The molecule has 21 heavy (non-hydrogen) atoms. The minimum atomic E-state index is -3.74. The summed E-state index contributed by atoms with van der Waals surface area (Å²) in [4.78, 5) is 0.236. The fourth-order valence-corrected chi connectivity index (χ4v) is 4.03. The molecule has 2 aromatic rings. The van der Waals surface area contributed by atoms with Crippen LogP contribution in [0.5, 0.6) is 0 Å². The van der Waals surface area contributed by atoms with E-state index in [-0.39, 0.29) is 10.8 Å². The lowest BCUT2D eigenvalue weighted by Crippen LogP contribution is -2.15. The van der Waals surface area contributed by atoms with Crippen molar-refractivity contribution in [3.8, 4) is 0 Å². The van der Waals surface area contributed by atoms with Crippen LogP contribution < -0.4 is 4.72 Å². The standard InChI is InChI=1S/C13H14Br2N2O3S/c1-3-4-9-5-6-10(14)7-11(9)21(18,19)17-13-12(15)8(2)16-20-13/h5-7,17H,3-4H2,1-2H3. The van der Waals surface area contributed by atoms with Crippen molar-refractivity contribution >= 4 is 47.8 Å². The van der Waals surface area contributed by atoms with Gasteiger partial charge in [0.2, 0.25) is 0 Å². The van der Waals surface area contributed by atoms with Crippen molar-refractivity contribution in [3.63, 3.8) is 0 Å². The topological polar surface area (TPSA) is 72.2 Å². The Labute approximate surface area is 140 Å². The predicted molar refractivity (Wildman–Crippen MR) is 87.9 cm³/mol. The van der Waals surface area contributed by atoms with Gasteiger partial charge in [-0.25, -0.2) is 13.1 Å². The molecule has 0 saturated heterocycles. The monoisotopic (exact) mass is 436 g/mol. The van der Waals surface area contributed by atoms with Gasteiger partial charge < -0.3 is 4.52 Å². The molecule has 0 aliphatic heterocycles. The number of nitrogens with zero attached hydrogens (tertiary/aromatic N) is 1. The highest BCUT2D eigenvalue weighted by atomic mass is 79.9. The molecule has 5 nitrogen and oxygen atoms in total. The van der Waals surface area contributed by atoms with Gasteiger partial charge in [-0.1, -0.05) is 40.5 Å². The van der Waals surface area contributed by atoms with E-state index in [9.17, 15) is 8.42 Å². The normalized spacial score (nSPS) is 11.6. The summed E-state index contributed by atoms with van der Waals surface area (Å²) < 4.78 is 33.8. The van der Waals surface area contributed by atoms with Gasteiger partial charge in [-0.05, 0) is 47.0 Å². The Kier molecular flexibility index (Phi) is 5.11. The van der Waals surface area contributed by atoms with Crippen LogP contribution in [0.4, 0.5) is 5.88 Å². The van der Waals surface area contributed by atoms with Crippen molar-refractivity contribution in [1.29, 1.82) is 0 Å². The van der Waals surface area contributed by atoms with E-state index >= 15 is 0 Å². The molecule has 114 valence electrons. The minimum Gasteiger partial charge on any atom is -0.336 e. The Morgan fingerprint density at radius 3 is 2.62 bits per heavy atom. The molecule has 0 amide bonds. The van der Waals surface area contributed by atoms with Crippen LogP contribution in [0, 0.1) is 6.92 Å². The van der Waals surface area contributed by atoms with Crippen LogP contribution >= 0.6 is 31.9 Å². The van der Waals surface area contributed by atoms with Gasteiger partial charge in [0, 0.05) is 4.47 Å². The molecule has 1 aromatic heterocycles. The van der Waals surface area contributed by atoms with Crippen LogP contribution in [0.2, 0.25) is 0 Å². The summed E-state index contributed by atoms with van der Waals surface area (Å²) in [5, 5.41) is 3.71. The van der Waals surface area contributed by atoms with Crippen LogP contribution in [0.25, 0.3) is 0 Å². The average molecular weight is 438 g/mol. The molecule has 0 saturated carbocycles. The summed E-state index contributed by atoms with van der Waals surface area (Å²) in [7, 11) is -3.74. The van der Waals surface area contributed by atoms with Gasteiger partial charge >= 0.3 is 0 Å². The molecular formula is C13H14Br2N2O3S. The molecule has 0 aliphatic rings. The molecule has 8 heteroatoms. The maximum atomic E-state index is 12.6. The molecule has 0 spiro atoms. The molecule has 0 bridgehead atoms. The molecule has 1 heterocycles. The van der Waals surface area contributed by atoms with Gasteiger partial charge in [0.25, 0.3) is 15.9 Å². The number of nitrogens with one attached hydrogen (secondary N) is 1. The summed E-state index contributed by atoms with van der Waals surface area (Å²) >= 11 is 6.55. The van der Waals surface area contributed by atoms with Gasteiger partial charge in [-0.15, -0.1) is 0 Å². The van der Waals surface area contributed by atoms with Crippen LogP contribution in [-0.4, -0.2) is 13.6 Å². The van der Waals surface area contributed by atoms with E-state index < -0.39 is 10.0 Å². The third-order valence-corrected chi connectivity index (χ3v) is 5.70. The fraction of sp³-hybridized carbons (Fsp3) is 0.308. The van der Waals surface area contributed by atoms with E-state index in [0.717, 1.165) is 12.0 Å². The summed E-state index contributed by atoms with van der Waals surface area (Å²) in [5.41, 5.74) is 1.34. The van der Waals surface area contributed by atoms with E-state index in [1.54, 1.807) is 13.0 Å². The fourth-order valence-electron chi connectivity index (χ4n) is 1.85. The lowest BCUT2D eigenvalue weighted by atomic mass is 10.1. The minimum absolute atomic E-state index is 0.0786. The Balaban J connectivity index is 2.44. The highest BCUT2D eigenvalue weighted by Gasteiger charge is 2.22. The molecule has 0 aliphatic carbocycles. The number of aryl methyl sites for hydroxylation is 2. The van der Waals surface area contributed by atoms with Crippen LogP contribution in [0.3, 0.4) is 0 Å². The Morgan fingerprint density at radius 1 is 1.33 bits per heavy atom. The number of hydrogen-bond acceptors (Lipinski definition) is 4. The van der Waals surface area contributed by atoms with Crippen LogP contribution in [-0.2, 0) is 16.4 Å². The Morgan fingerprint density at radius 2 is 2.05 bits per heavy atom. The first-order valence-corrected chi connectivity index (χ1v) is 9.35. The SMILES string of the molecule is CCCc1ccc(Br)cc1S(=O)(=O)Nc1onc(C)c1Br. The first-order chi connectivity index (χ1) is 9.85. The largest absolute Gasteiger partial charge is 0.336 e. The first-order valence-electron chi connectivity index (χ1n) is 6.28. The quantitative estimate of drug-likeness (QED) is 0.758. The van der Waals surface area contributed by atoms with E-state index in [0.29, 0.717) is 21.1 Å². The van der Waals surface area contributed by atoms with Crippen molar-refractivity contribution in [2.45, 2.75) is 31.6 Å².